The Hall–Kier alpha value is -2.44. The van der Waals surface area contributed by atoms with E-state index in [1.165, 1.54) is 11.8 Å². The largest absolute Gasteiger partial charge is 0.493 e. The third-order valence-corrected chi connectivity index (χ3v) is 4.66. The Labute approximate surface area is 154 Å². The van der Waals surface area contributed by atoms with Crippen molar-refractivity contribution in [2.75, 3.05) is 14.2 Å². The van der Waals surface area contributed by atoms with Crippen LogP contribution < -0.4 is 14.8 Å². The van der Waals surface area contributed by atoms with Crippen LogP contribution in [0, 0.1) is 0 Å². The molecule has 0 atom stereocenters. The van der Waals surface area contributed by atoms with Gasteiger partial charge in [0.15, 0.2) is 16.7 Å². The molecule has 1 fully saturated rings. The number of benzene rings is 2. The van der Waals surface area contributed by atoms with Crippen LogP contribution in [0.2, 0.25) is 5.02 Å². The number of carbonyl (C=O) groups excluding carboxylic acids is 1. The minimum absolute atomic E-state index is 0.203. The monoisotopic (exact) mass is 374 g/mol. The number of rotatable bonds is 4. The lowest BCUT2D eigenvalue weighted by Crippen LogP contribution is -2.19. The summed E-state index contributed by atoms with van der Waals surface area (Å²) in [7, 11) is 3.15. The molecule has 1 amide bonds. The summed E-state index contributed by atoms with van der Waals surface area (Å²) >= 11 is 7.36. The molecule has 1 aliphatic rings. The van der Waals surface area contributed by atoms with Gasteiger partial charge in [-0.1, -0.05) is 29.8 Å². The highest BCUT2D eigenvalue weighted by atomic mass is 35.5. The molecule has 0 spiro atoms. The summed E-state index contributed by atoms with van der Waals surface area (Å²) in [6, 6.07) is 12.7. The van der Waals surface area contributed by atoms with E-state index in [1.54, 1.807) is 38.5 Å². The quantitative estimate of drug-likeness (QED) is 0.813. The van der Waals surface area contributed by atoms with Crippen LogP contribution >= 0.6 is 23.4 Å². The number of ether oxygens (including phenoxy) is 2. The molecule has 0 aliphatic carbocycles. The lowest BCUT2D eigenvalue weighted by Gasteiger charge is -2.07. The number of carbonyl (C=O) groups is 1. The van der Waals surface area contributed by atoms with Gasteiger partial charge in [-0.05, 0) is 47.7 Å². The maximum absolute atomic E-state index is 12.2. The van der Waals surface area contributed by atoms with Gasteiger partial charge >= 0.3 is 0 Å². The molecule has 0 aromatic heterocycles. The molecule has 25 heavy (non-hydrogen) atoms. The smallest absolute Gasteiger partial charge is 0.264 e. The maximum Gasteiger partial charge on any atom is 0.264 e. The van der Waals surface area contributed by atoms with Crippen LogP contribution in [-0.4, -0.2) is 25.3 Å². The van der Waals surface area contributed by atoms with Crippen molar-refractivity contribution in [3.05, 3.63) is 58.0 Å². The number of methoxy groups -OCH3 is 2. The number of nitrogens with one attached hydrogen (secondary N) is 1. The van der Waals surface area contributed by atoms with Crippen molar-refractivity contribution in [2.24, 2.45) is 4.99 Å². The molecule has 0 radical (unpaired) electrons. The van der Waals surface area contributed by atoms with Crippen molar-refractivity contribution in [1.29, 1.82) is 0 Å². The van der Waals surface area contributed by atoms with Gasteiger partial charge in [0.25, 0.3) is 5.91 Å². The van der Waals surface area contributed by atoms with Gasteiger partial charge in [0.2, 0.25) is 0 Å². The van der Waals surface area contributed by atoms with Gasteiger partial charge in [-0.3, -0.25) is 4.79 Å². The fourth-order valence-electron chi connectivity index (χ4n) is 2.23. The zero-order valence-electron chi connectivity index (χ0n) is 13.6. The molecule has 3 rings (SSSR count). The Morgan fingerprint density at radius 3 is 2.60 bits per heavy atom. The lowest BCUT2D eigenvalue weighted by atomic mass is 10.2. The van der Waals surface area contributed by atoms with Crippen molar-refractivity contribution < 1.29 is 14.3 Å². The fraction of sp³-hybridized carbons (Fsp3) is 0.111. The standard InChI is InChI=1S/C18H15ClN2O3S/c1-23-14-8-7-11(9-15(14)24-2)10-16-17(22)21-18(25-16)20-13-6-4-3-5-12(13)19/h3-10H,1-2H3,(H,20,21,22)/b16-10+. The molecular formula is C18H15ClN2O3S. The van der Waals surface area contributed by atoms with Crippen molar-refractivity contribution in [3.8, 4) is 11.5 Å². The normalized spacial score (nSPS) is 17.0. The predicted octanol–water partition coefficient (Wildman–Crippen LogP) is 4.25. The number of thioether (sulfide) groups is 1. The summed E-state index contributed by atoms with van der Waals surface area (Å²) in [6.45, 7) is 0. The van der Waals surface area contributed by atoms with E-state index < -0.39 is 0 Å². The third kappa shape index (κ3) is 3.97. The SMILES string of the molecule is COc1ccc(/C=C2/SC(=Nc3ccccc3Cl)NC2=O)cc1OC. The minimum Gasteiger partial charge on any atom is -0.493 e. The van der Waals surface area contributed by atoms with E-state index in [2.05, 4.69) is 10.3 Å². The van der Waals surface area contributed by atoms with Crippen molar-refractivity contribution in [3.63, 3.8) is 0 Å². The lowest BCUT2D eigenvalue weighted by molar-refractivity contribution is -0.115. The highest BCUT2D eigenvalue weighted by molar-refractivity contribution is 8.18. The first-order valence-electron chi connectivity index (χ1n) is 7.37. The molecule has 1 saturated heterocycles. The number of nitrogens with zero attached hydrogens (tertiary/aromatic N) is 1. The zero-order chi connectivity index (χ0) is 17.8. The summed E-state index contributed by atoms with van der Waals surface area (Å²) in [4.78, 5) is 17.1. The number of hydrogen-bond acceptors (Lipinski definition) is 5. The van der Waals surface area contributed by atoms with E-state index in [-0.39, 0.29) is 5.91 Å². The predicted molar refractivity (Wildman–Crippen MR) is 102 cm³/mol. The van der Waals surface area contributed by atoms with Crippen LogP contribution in [-0.2, 0) is 4.79 Å². The topological polar surface area (TPSA) is 59.9 Å². The van der Waals surface area contributed by atoms with Crippen molar-refractivity contribution in [2.45, 2.75) is 0 Å². The Morgan fingerprint density at radius 1 is 1.12 bits per heavy atom. The molecule has 1 N–H and O–H groups in total. The number of amidine groups is 1. The van der Waals surface area contributed by atoms with Gasteiger partial charge in [-0.15, -0.1) is 0 Å². The first kappa shape index (κ1) is 17.4. The molecule has 5 nitrogen and oxygen atoms in total. The Bertz CT molecular complexity index is 880. The summed E-state index contributed by atoms with van der Waals surface area (Å²) in [6.07, 6.45) is 1.77. The molecule has 128 valence electrons. The summed E-state index contributed by atoms with van der Waals surface area (Å²) in [5, 5.41) is 3.76. The number of hydrogen-bond donors (Lipinski definition) is 1. The summed E-state index contributed by atoms with van der Waals surface area (Å²) in [5.41, 5.74) is 1.44. The fourth-order valence-corrected chi connectivity index (χ4v) is 3.24. The number of aliphatic imine (C=N–C) groups is 1. The molecule has 0 bridgehead atoms. The van der Waals surface area contributed by atoms with E-state index in [9.17, 15) is 4.79 Å². The van der Waals surface area contributed by atoms with Gasteiger partial charge in [-0.25, -0.2) is 4.99 Å². The first-order valence-corrected chi connectivity index (χ1v) is 8.56. The first-order chi connectivity index (χ1) is 12.1. The molecule has 1 heterocycles. The number of amides is 1. The Morgan fingerprint density at radius 2 is 1.88 bits per heavy atom. The molecule has 2 aromatic carbocycles. The second-order valence-electron chi connectivity index (χ2n) is 5.05. The minimum atomic E-state index is -0.203. The zero-order valence-corrected chi connectivity index (χ0v) is 15.1. The van der Waals surface area contributed by atoms with Gasteiger partial charge in [0.05, 0.1) is 29.8 Å². The van der Waals surface area contributed by atoms with Crippen molar-refractivity contribution in [1.82, 2.24) is 5.32 Å². The second-order valence-corrected chi connectivity index (χ2v) is 6.49. The highest BCUT2D eigenvalue weighted by Gasteiger charge is 2.24. The summed E-state index contributed by atoms with van der Waals surface area (Å²) in [5.74, 6) is 1.03. The van der Waals surface area contributed by atoms with Gasteiger partial charge in [0, 0.05) is 0 Å². The van der Waals surface area contributed by atoms with E-state index in [0.29, 0.717) is 32.3 Å². The molecule has 7 heteroatoms. The number of para-hydroxylation sites is 1. The Balaban J connectivity index is 1.86. The van der Waals surface area contributed by atoms with E-state index in [4.69, 9.17) is 21.1 Å². The van der Waals surface area contributed by atoms with E-state index in [0.717, 1.165) is 5.56 Å². The molecule has 1 aliphatic heterocycles. The van der Waals surface area contributed by atoms with Crippen LogP contribution in [0.15, 0.2) is 52.4 Å². The maximum atomic E-state index is 12.2. The van der Waals surface area contributed by atoms with Crippen LogP contribution in [0.1, 0.15) is 5.56 Å². The van der Waals surface area contributed by atoms with Gasteiger partial charge < -0.3 is 14.8 Å². The van der Waals surface area contributed by atoms with Gasteiger partial charge in [-0.2, -0.15) is 0 Å². The highest BCUT2D eigenvalue weighted by Crippen LogP contribution is 2.33. The van der Waals surface area contributed by atoms with Crippen LogP contribution in [0.25, 0.3) is 6.08 Å². The van der Waals surface area contributed by atoms with Crippen molar-refractivity contribution >= 4 is 46.2 Å². The third-order valence-electron chi connectivity index (χ3n) is 3.43. The van der Waals surface area contributed by atoms with E-state index >= 15 is 0 Å². The summed E-state index contributed by atoms with van der Waals surface area (Å²) < 4.78 is 10.5. The second kappa shape index (κ2) is 7.63. The van der Waals surface area contributed by atoms with Crippen LogP contribution in [0.3, 0.4) is 0 Å². The Kier molecular flexibility index (Phi) is 5.31. The molecular weight excluding hydrogens is 360 g/mol. The average molecular weight is 375 g/mol. The van der Waals surface area contributed by atoms with Crippen LogP contribution in [0.4, 0.5) is 5.69 Å². The molecule has 0 unspecified atom stereocenters. The van der Waals surface area contributed by atoms with Gasteiger partial charge in [0.1, 0.15) is 0 Å². The van der Waals surface area contributed by atoms with Crippen LogP contribution in [0.5, 0.6) is 11.5 Å². The average Bonchev–Trinajstić information content (AvgIpc) is 2.96. The molecule has 0 saturated carbocycles. The van der Waals surface area contributed by atoms with E-state index in [1.807, 2.05) is 24.3 Å². The number of halogens is 1. The molecule has 2 aromatic rings.